The fourth-order valence-electron chi connectivity index (χ4n) is 4.83. The Morgan fingerprint density at radius 3 is 2.76 bits per heavy atom. The minimum absolute atomic E-state index is 0.00815. The molecular formula is C24H28N6O5S2. The summed E-state index contributed by atoms with van der Waals surface area (Å²) in [5.41, 5.74) is 0.668. The zero-order chi connectivity index (χ0) is 26.5. The Morgan fingerprint density at radius 2 is 2.03 bits per heavy atom. The number of likely N-dealkylation sites (N-methyl/N-ethyl adjacent to an activating group) is 2. The number of hydrogen-bond acceptors (Lipinski definition) is 8. The van der Waals surface area contributed by atoms with Gasteiger partial charge in [-0.1, -0.05) is 12.0 Å². The van der Waals surface area contributed by atoms with Crippen LogP contribution in [0.25, 0.3) is 10.1 Å². The van der Waals surface area contributed by atoms with Crippen LogP contribution < -0.4 is 5.32 Å². The number of hydrazone groups is 1. The van der Waals surface area contributed by atoms with Gasteiger partial charge in [-0.15, -0.1) is 22.9 Å². The molecule has 3 aliphatic heterocycles. The second-order valence-corrected chi connectivity index (χ2v) is 12.4. The predicted molar refractivity (Wildman–Crippen MR) is 139 cm³/mol. The van der Waals surface area contributed by atoms with E-state index in [1.807, 2.05) is 14.0 Å². The molecule has 2 saturated heterocycles. The lowest BCUT2D eigenvalue weighted by molar-refractivity contribution is -0.126. The number of amides is 3. The summed E-state index contributed by atoms with van der Waals surface area (Å²) >= 11 is 1.13. The molecule has 37 heavy (non-hydrogen) atoms. The van der Waals surface area contributed by atoms with E-state index in [1.54, 1.807) is 24.3 Å². The van der Waals surface area contributed by atoms with E-state index in [4.69, 9.17) is 11.2 Å². The van der Waals surface area contributed by atoms with E-state index >= 15 is 0 Å². The molecule has 5 rings (SSSR count). The van der Waals surface area contributed by atoms with Crippen LogP contribution in [0.2, 0.25) is 0 Å². The standard InChI is InChI=1S/C24H28N6O5S2/c1-5-16-6-7-17-13-21(36-20(17)12-16)37(33,34)28-10-11-29(19(14-28)22(31)25-3)24(32)30-9-8-18-23(26-30)35-15(2)27(18)4/h1,6-7,12-13,15,18-19H,8-11,14H2,2-4H3,(H,25,31). The van der Waals surface area contributed by atoms with Crippen molar-refractivity contribution >= 4 is 49.3 Å². The van der Waals surface area contributed by atoms with E-state index in [2.05, 4.69) is 21.2 Å². The molecule has 2 fully saturated rings. The van der Waals surface area contributed by atoms with Crippen LogP contribution in [0.5, 0.6) is 0 Å². The van der Waals surface area contributed by atoms with Crippen molar-refractivity contribution in [1.29, 1.82) is 0 Å². The Morgan fingerprint density at radius 1 is 1.24 bits per heavy atom. The lowest BCUT2D eigenvalue weighted by Gasteiger charge is -2.41. The third kappa shape index (κ3) is 4.44. The van der Waals surface area contributed by atoms with Crippen molar-refractivity contribution in [2.24, 2.45) is 5.10 Å². The monoisotopic (exact) mass is 544 g/mol. The number of ether oxygens (including phenoxy) is 1. The number of hydrogen-bond donors (Lipinski definition) is 1. The molecule has 11 nitrogen and oxygen atoms in total. The van der Waals surface area contributed by atoms with E-state index < -0.39 is 28.0 Å². The minimum Gasteiger partial charge on any atom is -0.460 e. The average Bonchev–Trinajstić information content (AvgIpc) is 3.47. The maximum Gasteiger partial charge on any atom is 0.341 e. The first kappa shape index (κ1) is 25.5. The molecule has 3 amide bonds. The third-order valence-electron chi connectivity index (χ3n) is 7.09. The van der Waals surface area contributed by atoms with Gasteiger partial charge in [-0.3, -0.25) is 9.69 Å². The number of benzene rings is 1. The number of nitrogens with one attached hydrogen (secondary N) is 1. The van der Waals surface area contributed by atoms with Gasteiger partial charge in [-0.05, 0) is 44.0 Å². The Balaban J connectivity index is 1.38. The molecule has 1 aromatic carbocycles. The summed E-state index contributed by atoms with van der Waals surface area (Å²) in [4.78, 5) is 29.7. The highest BCUT2D eigenvalue weighted by atomic mass is 32.2. The summed E-state index contributed by atoms with van der Waals surface area (Å²) in [6, 6.07) is 5.50. The van der Waals surface area contributed by atoms with Crippen molar-refractivity contribution in [3.63, 3.8) is 0 Å². The molecule has 3 unspecified atom stereocenters. The fourth-order valence-corrected chi connectivity index (χ4v) is 7.86. The van der Waals surface area contributed by atoms with Gasteiger partial charge in [-0.2, -0.15) is 4.31 Å². The molecule has 0 bridgehead atoms. The quantitative estimate of drug-likeness (QED) is 0.580. The van der Waals surface area contributed by atoms with Crippen molar-refractivity contribution in [2.45, 2.75) is 35.9 Å². The number of carbonyl (C=O) groups is 2. The molecule has 1 N–H and O–H groups in total. The molecule has 0 spiro atoms. The number of carbonyl (C=O) groups excluding carboxylic acids is 2. The van der Waals surface area contributed by atoms with Gasteiger partial charge >= 0.3 is 6.03 Å². The van der Waals surface area contributed by atoms with Crippen molar-refractivity contribution in [3.8, 4) is 12.3 Å². The zero-order valence-corrected chi connectivity index (χ0v) is 22.4. The first-order chi connectivity index (χ1) is 17.6. The maximum atomic E-state index is 13.5. The number of terminal acetylenes is 1. The van der Waals surface area contributed by atoms with Gasteiger partial charge in [0.1, 0.15) is 10.3 Å². The molecule has 1 aromatic heterocycles. The maximum absolute atomic E-state index is 13.5. The number of piperazine rings is 1. The largest absolute Gasteiger partial charge is 0.460 e. The van der Waals surface area contributed by atoms with E-state index in [0.717, 1.165) is 21.4 Å². The van der Waals surface area contributed by atoms with E-state index in [9.17, 15) is 18.0 Å². The summed E-state index contributed by atoms with van der Waals surface area (Å²) in [5.74, 6) is 2.58. The first-order valence-electron chi connectivity index (χ1n) is 11.9. The van der Waals surface area contributed by atoms with Crippen LogP contribution in [-0.4, -0.2) is 104 Å². The van der Waals surface area contributed by atoms with Gasteiger partial charge in [-0.25, -0.2) is 18.2 Å². The second kappa shape index (κ2) is 9.60. The minimum atomic E-state index is -3.90. The van der Waals surface area contributed by atoms with Crippen LogP contribution in [0.15, 0.2) is 33.6 Å². The summed E-state index contributed by atoms with van der Waals surface area (Å²) in [5, 5.41) is 9.06. The molecule has 13 heteroatoms. The lowest BCUT2D eigenvalue weighted by Crippen LogP contribution is -2.63. The van der Waals surface area contributed by atoms with Gasteiger partial charge in [0, 0.05) is 43.5 Å². The Labute approximate surface area is 219 Å². The zero-order valence-electron chi connectivity index (χ0n) is 20.7. The molecule has 0 saturated carbocycles. The number of urea groups is 1. The average molecular weight is 545 g/mol. The Hall–Kier alpha value is -3.18. The SMILES string of the molecule is C#Cc1ccc2cc(S(=O)(=O)N3CCN(C(=O)N4CCC5C(=N4)OC(C)N5C)C(C(=O)NC)C3)sc2c1. The number of rotatable bonds is 3. The summed E-state index contributed by atoms with van der Waals surface area (Å²) in [7, 11) is -0.494. The van der Waals surface area contributed by atoms with Crippen molar-refractivity contribution in [2.75, 3.05) is 40.3 Å². The van der Waals surface area contributed by atoms with Crippen molar-refractivity contribution < 1.29 is 22.7 Å². The molecule has 3 atom stereocenters. The number of nitrogens with zero attached hydrogens (tertiary/aromatic N) is 5. The van der Waals surface area contributed by atoms with E-state index in [1.165, 1.54) is 21.3 Å². The first-order valence-corrected chi connectivity index (χ1v) is 14.2. The Kier molecular flexibility index (Phi) is 6.61. The third-order valence-corrected chi connectivity index (χ3v) is 10.5. The molecule has 0 aliphatic carbocycles. The highest BCUT2D eigenvalue weighted by molar-refractivity contribution is 7.91. The molecule has 4 heterocycles. The summed E-state index contributed by atoms with van der Waals surface area (Å²) in [6.45, 7) is 2.21. The van der Waals surface area contributed by atoms with Gasteiger partial charge in [0.15, 0.2) is 6.23 Å². The van der Waals surface area contributed by atoms with Crippen molar-refractivity contribution in [3.05, 3.63) is 29.8 Å². The van der Waals surface area contributed by atoms with E-state index in [-0.39, 0.29) is 36.1 Å². The van der Waals surface area contributed by atoms with Crippen LogP contribution in [0.3, 0.4) is 0 Å². The second-order valence-electron chi connectivity index (χ2n) is 9.18. The predicted octanol–water partition coefficient (Wildman–Crippen LogP) is 1.12. The van der Waals surface area contributed by atoms with Crippen molar-refractivity contribution in [1.82, 2.24) is 24.4 Å². The van der Waals surface area contributed by atoms with Gasteiger partial charge in [0.05, 0.1) is 6.04 Å². The Bertz CT molecular complexity index is 1430. The topological polar surface area (TPSA) is 115 Å². The normalized spacial score (nSPS) is 24.8. The molecule has 2 aromatic rings. The van der Waals surface area contributed by atoms with Crippen LogP contribution in [0, 0.1) is 12.3 Å². The lowest BCUT2D eigenvalue weighted by atomic mass is 10.1. The van der Waals surface area contributed by atoms with Crippen LogP contribution in [-0.2, 0) is 19.6 Å². The molecule has 0 radical (unpaired) electrons. The highest BCUT2D eigenvalue weighted by Gasteiger charge is 2.44. The summed E-state index contributed by atoms with van der Waals surface area (Å²) in [6.07, 6.45) is 5.98. The molecule has 3 aliphatic rings. The van der Waals surface area contributed by atoms with Crippen LogP contribution >= 0.6 is 11.3 Å². The van der Waals surface area contributed by atoms with E-state index in [0.29, 0.717) is 24.4 Å². The molecule has 196 valence electrons. The number of thiophene rings is 1. The van der Waals surface area contributed by atoms with Gasteiger partial charge in [0.25, 0.3) is 10.0 Å². The summed E-state index contributed by atoms with van der Waals surface area (Å²) < 4.78 is 35.0. The van der Waals surface area contributed by atoms with Gasteiger partial charge < -0.3 is 15.0 Å². The smallest absolute Gasteiger partial charge is 0.341 e. The fraction of sp³-hybridized carbons (Fsp3) is 0.458. The van der Waals surface area contributed by atoms with Gasteiger partial charge in [0.2, 0.25) is 11.8 Å². The number of sulfonamides is 1. The number of fused-ring (bicyclic) bond motifs is 2. The van der Waals surface area contributed by atoms with Crippen LogP contribution in [0.1, 0.15) is 18.9 Å². The highest BCUT2D eigenvalue weighted by Crippen LogP contribution is 2.33. The molecular weight excluding hydrogens is 516 g/mol. The van der Waals surface area contributed by atoms with Crippen LogP contribution in [0.4, 0.5) is 4.79 Å².